The highest BCUT2D eigenvalue weighted by molar-refractivity contribution is 5.90. The Labute approximate surface area is 160 Å². The van der Waals surface area contributed by atoms with E-state index in [9.17, 15) is 9.59 Å². The van der Waals surface area contributed by atoms with Gasteiger partial charge in [0.2, 0.25) is 11.8 Å². The minimum atomic E-state index is -0.117. The summed E-state index contributed by atoms with van der Waals surface area (Å²) in [6.45, 7) is 8.33. The summed E-state index contributed by atoms with van der Waals surface area (Å²) in [7, 11) is 0. The normalized spacial score (nSPS) is 16.9. The van der Waals surface area contributed by atoms with Gasteiger partial charge in [-0.3, -0.25) is 14.6 Å². The molecule has 1 saturated heterocycles. The molecule has 1 aromatic rings. The van der Waals surface area contributed by atoms with E-state index in [4.69, 9.17) is 0 Å². The largest absolute Gasteiger partial charge is 0.357 e. The summed E-state index contributed by atoms with van der Waals surface area (Å²) >= 11 is 0. The summed E-state index contributed by atoms with van der Waals surface area (Å²) in [5.41, 5.74) is 0.858. The van der Waals surface area contributed by atoms with Gasteiger partial charge >= 0.3 is 0 Å². The third-order valence-electron chi connectivity index (χ3n) is 4.29. The van der Waals surface area contributed by atoms with Crippen LogP contribution in [0.2, 0.25) is 0 Å². The van der Waals surface area contributed by atoms with Gasteiger partial charge in [0.1, 0.15) is 5.82 Å². The van der Waals surface area contributed by atoms with E-state index in [0.29, 0.717) is 31.3 Å². The number of guanidine groups is 1. The molecule has 0 aromatic carbocycles. The molecule has 8 nitrogen and oxygen atoms in total. The van der Waals surface area contributed by atoms with Gasteiger partial charge in [-0.25, -0.2) is 4.98 Å². The minimum absolute atomic E-state index is 0.117. The van der Waals surface area contributed by atoms with E-state index < -0.39 is 0 Å². The number of hydrogen-bond acceptors (Lipinski definition) is 4. The Hall–Kier alpha value is -2.64. The van der Waals surface area contributed by atoms with Gasteiger partial charge in [0.15, 0.2) is 5.96 Å². The van der Waals surface area contributed by atoms with Crippen molar-refractivity contribution in [3.8, 4) is 0 Å². The number of rotatable bonds is 7. The molecule has 1 fully saturated rings. The van der Waals surface area contributed by atoms with Gasteiger partial charge in [0, 0.05) is 44.2 Å². The summed E-state index contributed by atoms with van der Waals surface area (Å²) in [5, 5.41) is 9.33. The van der Waals surface area contributed by atoms with Crippen LogP contribution < -0.4 is 16.0 Å². The summed E-state index contributed by atoms with van der Waals surface area (Å²) < 4.78 is 0. The van der Waals surface area contributed by atoms with E-state index >= 15 is 0 Å². The molecule has 0 saturated carbocycles. The first kappa shape index (κ1) is 20.7. The number of nitrogens with zero attached hydrogens (tertiary/aromatic N) is 3. The zero-order valence-electron chi connectivity index (χ0n) is 16.4. The Morgan fingerprint density at radius 1 is 1.33 bits per heavy atom. The lowest BCUT2D eigenvalue weighted by Crippen LogP contribution is -2.45. The maximum absolute atomic E-state index is 12.1. The van der Waals surface area contributed by atoms with E-state index in [-0.39, 0.29) is 24.3 Å². The maximum Gasteiger partial charge on any atom is 0.227 e. The molecule has 1 aromatic heterocycles. The molecular formula is C19H30N6O2. The molecule has 0 spiro atoms. The fraction of sp³-hybridized carbons (Fsp3) is 0.579. The number of amides is 2. The zero-order valence-corrected chi connectivity index (χ0v) is 16.4. The Morgan fingerprint density at radius 3 is 2.85 bits per heavy atom. The molecule has 2 rings (SSSR count). The average Bonchev–Trinajstić information content (AvgIpc) is 3.09. The van der Waals surface area contributed by atoms with Crippen molar-refractivity contribution in [2.45, 2.75) is 46.1 Å². The molecule has 1 aliphatic rings. The molecule has 1 unspecified atom stereocenters. The zero-order chi connectivity index (χ0) is 19.6. The highest BCUT2D eigenvalue weighted by atomic mass is 16.2. The number of nitrogens with one attached hydrogen (secondary N) is 3. The van der Waals surface area contributed by atoms with Crippen molar-refractivity contribution >= 4 is 23.6 Å². The molecule has 2 amide bonds. The Balaban J connectivity index is 1.81. The molecular weight excluding hydrogens is 344 g/mol. The van der Waals surface area contributed by atoms with Crippen LogP contribution in [-0.4, -0.2) is 59.9 Å². The van der Waals surface area contributed by atoms with Gasteiger partial charge in [-0.1, -0.05) is 13.0 Å². The van der Waals surface area contributed by atoms with Crippen molar-refractivity contribution in [2.24, 2.45) is 4.99 Å². The van der Waals surface area contributed by atoms with Crippen molar-refractivity contribution in [1.29, 1.82) is 0 Å². The maximum atomic E-state index is 12.1. The van der Waals surface area contributed by atoms with Gasteiger partial charge in [0.05, 0.1) is 6.54 Å². The lowest BCUT2D eigenvalue weighted by atomic mass is 10.3. The van der Waals surface area contributed by atoms with Crippen molar-refractivity contribution in [1.82, 2.24) is 20.5 Å². The van der Waals surface area contributed by atoms with Crippen LogP contribution in [0.3, 0.4) is 0 Å². The number of likely N-dealkylation sites (tertiary alicyclic amines) is 1. The quantitative estimate of drug-likeness (QED) is 0.493. The first-order valence-electron chi connectivity index (χ1n) is 9.58. The predicted octanol–water partition coefficient (Wildman–Crippen LogP) is 1.28. The number of pyridine rings is 1. The smallest absolute Gasteiger partial charge is 0.227 e. The molecule has 3 N–H and O–H groups in total. The van der Waals surface area contributed by atoms with Crippen molar-refractivity contribution in [3.63, 3.8) is 0 Å². The van der Waals surface area contributed by atoms with E-state index in [1.54, 1.807) is 6.07 Å². The van der Waals surface area contributed by atoms with Crippen LogP contribution in [0.25, 0.3) is 0 Å². The molecule has 8 heteroatoms. The first-order valence-corrected chi connectivity index (χ1v) is 9.58. The number of carbonyl (C=O) groups excluding carboxylic acids is 2. The Kier molecular flexibility index (Phi) is 8.03. The monoisotopic (exact) mass is 374 g/mol. The predicted molar refractivity (Wildman–Crippen MR) is 107 cm³/mol. The van der Waals surface area contributed by atoms with Crippen LogP contribution in [0.5, 0.6) is 0 Å². The highest BCUT2D eigenvalue weighted by Gasteiger charge is 2.25. The molecule has 1 aliphatic heterocycles. The first-order chi connectivity index (χ1) is 13.0. The van der Waals surface area contributed by atoms with E-state index in [2.05, 4.69) is 25.9 Å². The van der Waals surface area contributed by atoms with Crippen molar-refractivity contribution in [2.75, 3.05) is 31.5 Å². The van der Waals surface area contributed by atoms with Gasteiger partial charge in [-0.05, 0) is 32.4 Å². The molecule has 27 heavy (non-hydrogen) atoms. The number of aromatic nitrogens is 1. The van der Waals surface area contributed by atoms with Crippen LogP contribution in [0.15, 0.2) is 23.2 Å². The van der Waals surface area contributed by atoms with Crippen molar-refractivity contribution < 1.29 is 9.59 Å². The second-order valence-electron chi connectivity index (χ2n) is 6.55. The number of aryl methyl sites for hydroxylation is 1. The standard InChI is InChI=1S/C19H30N6O2/c1-4-18(27)25-12-10-15(13-25)23-19(20-5-2)21-11-9-17(26)24-16-8-6-7-14(3)22-16/h6-8,15H,4-5,9-13H2,1-3H3,(H2,20,21,23)(H,22,24,26). The summed E-state index contributed by atoms with van der Waals surface area (Å²) in [4.78, 5) is 34.5. The molecule has 0 radical (unpaired) electrons. The Bertz CT molecular complexity index is 676. The summed E-state index contributed by atoms with van der Waals surface area (Å²) in [6.07, 6.45) is 1.71. The number of hydrogen-bond donors (Lipinski definition) is 3. The number of aliphatic imine (C=N–C) groups is 1. The third kappa shape index (κ3) is 6.88. The van der Waals surface area contributed by atoms with Gasteiger partial charge in [0.25, 0.3) is 0 Å². The summed E-state index contributed by atoms with van der Waals surface area (Å²) in [5.74, 6) is 1.30. The van der Waals surface area contributed by atoms with Crippen LogP contribution >= 0.6 is 0 Å². The topological polar surface area (TPSA) is 98.7 Å². The molecule has 2 heterocycles. The number of anilines is 1. The van der Waals surface area contributed by atoms with E-state index in [1.807, 2.05) is 37.8 Å². The van der Waals surface area contributed by atoms with Gasteiger partial charge in [-0.2, -0.15) is 0 Å². The van der Waals surface area contributed by atoms with E-state index in [1.165, 1.54) is 0 Å². The van der Waals surface area contributed by atoms with Crippen LogP contribution in [0.4, 0.5) is 5.82 Å². The second-order valence-corrected chi connectivity index (χ2v) is 6.55. The fourth-order valence-electron chi connectivity index (χ4n) is 2.93. The summed E-state index contributed by atoms with van der Waals surface area (Å²) in [6, 6.07) is 5.69. The fourth-order valence-corrected chi connectivity index (χ4v) is 2.93. The third-order valence-corrected chi connectivity index (χ3v) is 4.29. The van der Waals surface area contributed by atoms with Crippen LogP contribution in [-0.2, 0) is 9.59 Å². The van der Waals surface area contributed by atoms with Crippen LogP contribution in [0, 0.1) is 6.92 Å². The molecule has 0 aliphatic carbocycles. The van der Waals surface area contributed by atoms with E-state index in [0.717, 1.165) is 25.2 Å². The van der Waals surface area contributed by atoms with Crippen molar-refractivity contribution in [3.05, 3.63) is 23.9 Å². The lowest BCUT2D eigenvalue weighted by Gasteiger charge is -2.18. The molecule has 0 bridgehead atoms. The van der Waals surface area contributed by atoms with Gasteiger partial charge < -0.3 is 20.9 Å². The second kappa shape index (κ2) is 10.5. The lowest BCUT2D eigenvalue weighted by molar-refractivity contribution is -0.129. The minimum Gasteiger partial charge on any atom is -0.357 e. The Morgan fingerprint density at radius 2 is 2.15 bits per heavy atom. The number of carbonyl (C=O) groups is 2. The average molecular weight is 374 g/mol. The van der Waals surface area contributed by atoms with Crippen LogP contribution in [0.1, 0.15) is 38.8 Å². The highest BCUT2D eigenvalue weighted by Crippen LogP contribution is 2.10. The molecule has 1 atom stereocenters. The SMILES string of the molecule is CCNC(=NCCC(=O)Nc1cccc(C)n1)NC1CCN(C(=O)CC)C1. The van der Waals surface area contributed by atoms with Gasteiger partial charge in [-0.15, -0.1) is 0 Å². The molecule has 148 valence electrons.